The second-order valence-electron chi connectivity index (χ2n) is 6.79. The number of amides is 1. The van der Waals surface area contributed by atoms with Gasteiger partial charge in [0, 0.05) is 39.4 Å². The number of rotatable bonds is 5. The zero-order valence-corrected chi connectivity index (χ0v) is 18.7. The summed E-state index contributed by atoms with van der Waals surface area (Å²) < 4.78 is 7.92. The molecule has 1 amide bonds. The van der Waals surface area contributed by atoms with Crippen LogP contribution >= 0.6 is 35.3 Å². The van der Waals surface area contributed by atoms with Gasteiger partial charge < -0.3 is 4.74 Å². The summed E-state index contributed by atoms with van der Waals surface area (Å²) in [7, 11) is 1.77. The summed E-state index contributed by atoms with van der Waals surface area (Å²) in [5.41, 5.74) is 2.42. The number of fused-ring (bicyclic) bond motifs is 1. The third-order valence-electron chi connectivity index (χ3n) is 4.95. The number of anilines is 1. The van der Waals surface area contributed by atoms with Crippen LogP contribution in [0, 0.1) is 6.92 Å². The molecule has 0 saturated carbocycles. The highest BCUT2D eigenvalue weighted by Crippen LogP contribution is 2.36. The Labute approximate surface area is 184 Å². The fraction of sp³-hybridized carbons (Fsp3) is 0.421. The first-order chi connectivity index (χ1) is 13.5. The Morgan fingerprint density at radius 1 is 1.31 bits per heavy atom. The summed E-state index contributed by atoms with van der Waals surface area (Å²) in [6, 6.07) is 5.56. The van der Waals surface area contributed by atoms with Gasteiger partial charge in [0.25, 0.3) is 5.91 Å². The van der Waals surface area contributed by atoms with Gasteiger partial charge in [-0.15, -0.1) is 12.4 Å². The molecule has 1 aromatic carbocycles. The lowest BCUT2D eigenvalue weighted by Gasteiger charge is -2.29. The molecule has 1 fully saturated rings. The smallest absolute Gasteiger partial charge is 0.278 e. The van der Waals surface area contributed by atoms with Gasteiger partial charge in [-0.3, -0.25) is 19.3 Å². The number of benzene rings is 1. The lowest BCUT2D eigenvalue weighted by Crippen LogP contribution is -2.43. The molecule has 29 heavy (non-hydrogen) atoms. The van der Waals surface area contributed by atoms with E-state index in [1.165, 1.54) is 11.3 Å². The zero-order chi connectivity index (χ0) is 19.7. The summed E-state index contributed by atoms with van der Waals surface area (Å²) >= 11 is 7.83. The predicted octanol–water partition coefficient (Wildman–Crippen LogP) is 3.39. The van der Waals surface area contributed by atoms with E-state index < -0.39 is 0 Å². The van der Waals surface area contributed by atoms with Gasteiger partial charge in [-0.2, -0.15) is 5.10 Å². The summed E-state index contributed by atoms with van der Waals surface area (Å²) in [5.74, 6) is -0.110. The summed E-state index contributed by atoms with van der Waals surface area (Å²) in [6.07, 6.45) is 1.63. The predicted molar refractivity (Wildman–Crippen MR) is 119 cm³/mol. The molecule has 1 aliphatic rings. The molecular formula is C19H23Cl2N5O2S. The molecule has 1 aliphatic heterocycles. The van der Waals surface area contributed by atoms with Gasteiger partial charge in [0.05, 0.1) is 28.5 Å². The number of carbonyl (C=O) groups is 1. The fourth-order valence-electron chi connectivity index (χ4n) is 3.28. The monoisotopic (exact) mass is 455 g/mol. The van der Waals surface area contributed by atoms with E-state index in [0.717, 1.165) is 48.6 Å². The highest BCUT2D eigenvalue weighted by Gasteiger charge is 2.25. The lowest BCUT2D eigenvalue weighted by atomic mass is 10.2. The molecule has 4 rings (SSSR count). The Bertz CT molecular complexity index is 961. The second-order valence-corrected chi connectivity index (χ2v) is 8.17. The van der Waals surface area contributed by atoms with E-state index in [0.29, 0.717) is 22.4 Å². The zero-order valence-electron chi connectivity index (χ0n) is 16.3. The number of morpholine rings is 1. The van der Waals surface area contributed by atoms with Crippen molar-refractivity contribution in [2.45, 2.75) is 6.92 Å². The third-order valence-corrected chi connectivity index (χ3v) is 6.48. The Kier molecular flexibility index (Phi) is 7.13. The number of thiazole rings is 1. The minimum absolute atomic E-state index is 0. The van der Waals surface area contributed by atoms with Crippen LogP contribution < -0.4 is 4.90 Å². The molecule has 0 aliphatic carbocycles. The average molecular weight is 456 g/mol. The summed E-state index contributed by atoms with van der Waals surface area (Å²) in [5, 5.41) is 5.45. The van der Waals surface area contributed by atoms with Gasteiger partial charge in [0.2, 0.25) is 0 Å². The van der Waals surface area contributed by atoms with E-state index in [2.05, 4.69) is 10.00 Å². The van der Waals surface area contributed by atoms with E-state index in [1.807, 2.05) is 19.1 Å². The maximum Gasteiger partial charge on any atom is 0.278 e. The third kappa shape index (κ3) is 4.57. The summed E-state index contributed by atoms with van der Waals surface area (Å²) in [4.78, 5) is 22.1. The number of nitrogens with zero attached hydrogens (tertiary/aromatic N) is 5. The van der Waals surface area contributed by atoms with Crippen molar-refractivity contribution in [1.29, 1.82) is 0 Å². The SMILES string of the molecule is Cc1ccc(Cl)c2sc(N(CCN3CCOCC3)C(=O)c3ccnn3C)nc12.Cl. The van der Waals surface area contributed by atoms with Gasteiger partial charge in [0.1, 0.15) is 5.69 Å². The number of carbonyl (C=O) groups excluding carboxylic acids is 1. The van der Waals surface area contributed by atoms with Crippen LogP contribution in [0.15, 0.2) is 24.4 Å². The highest BCUT2D eigenvalue weighted by atomic mass is 35.5. The van der Waals surface area contributed by atoms with Crippen LogP contribution in [-0.4, -0.2) is 65.0 Å². The second kappa shape index (κ2) is 9.40. The van der Waals surface area contributed by atoms with Gasteiger partial charge in [-0.05, 0) is 24.6 Å². The van der Waals surface area contributed by atoms with Crippen molar-refractivity contribution >= 4 is 56.6 Å². The van der Waals surface area contributed by atoms with Crippen molar-refractivity contribution < 1.29 is 9.53 Å². The minimum atomic E-state index is -0.110. The van der Waals surface area contributed by atoms with Gasteiger partial charge in [0.15, 0.2) is 5.13 Å². The van der Waals surface area contributed by atoms with E-state index >= 15 is 0 Å². The van der Waals surface area contributed by atoms with Crippen molar-refractivity contribution in [3.05, 3.63) is 40.7 Å². The number of aromatic nitrogens is 3. The topological polar surface area (TPSA) is 63.5 Å². The molecule has 3 aromatic rings. The van der Waals surface area contributed by atoms with Crippen molar-refractivity contribution in [2.75, 3.05) is 44.3 Å². The lowest BCUT2D eigenvalue weighted by molar-refractivity contribution is 0.0391. The molecule has 156 valence electrons. The number of hydrogen-bond acceptors (Lipinski definition) is 6. The van der Waals surface area contributed by atoms with Crippen LogP contribution in [0.25, 0.3) is 10.2 Å². The molecule has 0 bridgehead atoms. The van der Waals surface area contributed by atoms with Crippen LogP contribution in [0.1, 0.15) is 16.1 Å². The molecule has 0 atom stereocenters. The molecule has 1 saturated heterocycles. The normalized spacial score (nSPS) is 14.7. The number of halogens is 2. The standard InChI is InChI=1S/C19H22ClN5O2S.ClH/c1-13-3-4-14(20)17-16(13)22-19(28-17)25(8-7-24-9-11-27-12-10-24)18(26)15-5-6-21-23(15)2;/h3-6H,7-12H2,1-2H3;1H. The molecule has 7 nitrogen and oxygen atoms in total. The van der Waals surface area contributed by atoms with Gasteiger partial charge in [-0.1, -0.05) is 29.0 Å². The molecule has 0 spiro atoms. The van der Waals surface area contributed by atoms with Crippen LogP contribution in [0.2, 0.25) is 5.02 Å². The maximum atomic E-state index is 13.3. The van der Waals surface area contributed by atoms with Gasteiger partial charge in [-0.25, -0.2) is 4.98 Å². The highest BCUT2D eigenvalue weighted by molar-refractivity contribution is 7.23. The Hall–Kier alpha value is -1.71. The molecule has 10 heteroatoms. The number of aryl methyl sites for hydroxylation is 2. The van der Waals surface area contributed by atoms with Gasteiger partial charge >= 0.3 is 0 Å². The summed E-state index contributed by atoms with van der Waals surface area (Å²) in [6.45, 7) is 6.51. The van der Waals surface area contributed by atoms with Crippen LogP contribution in [0.3, 0.4) is 0 Å². The fourth-order valence-corrected chi connectivity index (χ4v) is 4.62. The first-order valence-electron chi connectivity index (χ1n) is 9.20. The molecule has 0 unspecified atom stereocenters. The first kappa shape index (κ1) is 22.0. The largest absolute Gasteiger partial charge is 0.379 e. The van der Waals surface area contributed by atoms with E-state index in [4.69, 9.17) is 21.3 Å². The molecule has 0 N–H and O–H groups in total. The van der Waals surface area contributed by atoms with Crippen molar-refractivity contribution in [2.24, 2.45) is 7.05 Å². The number of hydrogen-bond donors (Lipinski definition) is 0. The average Bonchev–Trinajstić information content (AvgIpc) is 3.33. The van der Waals surface area contributed by atoms with E-state index in [9.17, 15) is 4.79 Å². The van der Waals surface area contributed by atoms with Crippen molar-refractivity contribution in [1.82, 2.24) is 19.7 Å². The molecule has 3 heterocycles. The van der Waals surface area contributed by atoms with Crippen LogP contribution in [-0.2, 0) is 11.8 Å². The Morgan fingerprint density at radius 3 is 2.72 bits per heavy atom. The van der Waals surface area contributed by atoms with Crippen LogP contribution in [0.5, 0.6) is 0 Å². The number of ether oxygens (including phenoxy) is 1. The minimum Gasteiger partial charge on any atom is -0.379 e. The first-order valence-corrected chi connectivity index (χ1v) is 10.4. The molecular weight excluding hydrogens is 433 g/mol. The van der Waals surface area contributed by atoms with E-state index in [-0.39, 0.29) is 18.3 Å². The molecule has 2 aromatic heterocycles. The Morgan fingerprint density at radius 2 is 2.07 bits per heavy atom. The van der Waals surface area contributed by atoms with Crippen molar-refractivity contribution in [3.8, 4) is 0 Å². The molecule has 0 radical (unpaired) electrons. The quantitative estimate of drug-likeness (QED) is 0.589. The van der Waals surface area contributed by atoms with Crippen molar-refractivity contribution in [3.63, 3.8) is 0 Å². The van der Waals surface area contributed by atoms with E-state index in [1.54, 1.807) is 28.9 Å². The Balaban J connectivity index is 0.00000240. The van der Waals surface area contributed by atoms with Crippen LogP contribution in [0.4, 0.5) is 5.13 Å². The maximum absolute atomic E-state index is 13.3.